The molecule has 0 saturated carbocycles. The van der Waals surface area contributed by atoms with E-state index in [1.807, 2.05) is 13.8 Å². The van der Waals surface area contributed by atoms with Crippen LogP contribution in [-0.2, 0) is 0 Å². The average molecular weight is 356 g/mol. The van der Waals surface area contributed by atoms with Crippen LogP contribution in [0.2, 0.25) is 0 Å². The van der Waals surface area contributed by atoms with Crippen molar-refractivity contribution in [1.29, 1.82) is 0 Å². The molecule has 0 fully saturated rings. The number of halogens is 3. The standard InChI is InChI=1S/C15H16BrF2N3/c1-7(2)14-20-13(8(3)15(19-4)21-14)11-10(17)6-5-9(16)12(11)18/h5-7H,1-4H3,(H,19,20,21). The number of hydrogen-bond acceptors (Lipinski definition) is 3. The Kier molecular flexibility index (Phi) is 4.56. The molecule has 0 bridgehead atoms. The highest BCUT2D eigenvalue weighted by molar-refractivity contribution is 9.10. The number of nitrogens with zero attached hydrogens (tertiary/aromatic N) is 2. The lowest BCUT2D eigenvalue weighted by atomic mass is 10.0. The molecule has 0 unspecified atom stereocenters. The minimum absolute atomic E-state index is 0.0507. The molecule has 0 aliphatic heterocycles. The zero-order chi connectivity index (χ0) is 15.7. The van der Waals surface area contributed by atoms with Crippen molar-refractivity contribution >= 4 is 21.7 Å². The number of benzene rings is 1. The Labute approximate surface area is 131 Å². The summed E-state index contributed by atoms with van der Waals surface area (Å²) < 4.78 is 28.7. The fourth-order valence-corrected chi connectivity index (χ4v) is 2.35. The smallest absolute Gasteiger partial charge is 0.149 e. The van der Waals surface area contributed by atoms with Crippen LogP contribution in [0.25, 0.3) is 11.3 Å². The molecule has 1 aromatic heterocycles. The summed E-state index contributed by atoms with van der Waals surface area (Å²) in [5.74, 6) is -0.140. The summed E-state index contributed by atoms with van der Waals surface area (Å²) in [7, 11) is 1.72. The van der Waals surface area contributed by atoms with Crippen molar-refractivity contribution in [2.45, 2.75) is 26.7 Å². The third-order valence-electron chi connectivity index (χ3n) is 3.20. The van der Waals surface area contributed by atoms with Crippen LogP contribution < -0.4 is 5.32 Å². The van der Waals surface area contributed by atoms with Gasteiger partial charge in [-0.15, -0.1) is 0 Å². The number of rotatable bonds is 3. The minimum Gasteiger partial charge on any atom is -0.373 e. The molecule has 3 nitrogen and oxygen atoms in total. The van der Waals surface area contributed by atoms with Crippen LogP contribution in [0.15, 0.2) is 16.6 Å². The largest absolute Gasteiger partial charge is 0.373 e. The van der Waals surface area contributed by atoms with Gasteiger partial charge in [0.2, 0.25) is 0 Å². The number of aromatic nitrogens is 2. The Morgan fingerprint density at radius 1 is 1.19 bits per heavy atom. The molecule has 0 aliphatic carbocycles. The maximum absolute atomic E-state index is 14.3. The molecule has 0 aliphatic rings. The van der Waals surface area contributed by atoms with Crippen LogP contribution in [0.5, 0.6) is 0 Å². The van der Waals surface area contributed by atoms with E-state index in [-0.39, 0.29) is 21.6 Å². The molecule has 6 heteroatoms. The molecule has 1 N–H and O–H groups in total. The SMILES string of the molecule is CNc1nc(C(C)C)nc(-c2c(F)ccc(Br)c2F)c1C. The lowest BCUT2D eigenvalue weighted by Gasteiger charge is -2.15. The Morgan fingerprint density at radius 3 is 2.43 bits per heavy atom. The van der Waals surface area contributed by atoms with Gasteiger partial charge in [0.1, 0.15) is 23.3 Å². The minimum atomic E-state index is -0.659. The molecule has 0 saturated heterocycles. The monoisotopic (exact) mass is 355 g/mol. The molecular weight excluding hydrogens is 340 g/mol. The number of hydrogen-bond donors (Lipinski definition) is 1. The maximum atomic E-state index is 14.3. The van der Waals surface area contributed by atoms with Gasteiger partial charge in [0.05, 0.1) is 15.7 Å². The summed E-state index contributed by atoms with van der Waals surface area (Å²) in [6, 6.07) is 2.56. The van der Waals surface area contributed by atoms with E-state index >= 15 is 0 Å². The van der Waals surface area contributed by atoms with Crippen LogP contribution in [0, 0.1) is 18.6 Å². The second-order valence-electron chi connectivity index (χ2n) is 5.03. The molecule has 0 radical (unpaired) electrons. The topological polar surface area (TPSA) is 37.8 Å². The van der Waals surface area contributed by atoms with Crippen molar-refractivity contribution in [3.05, 3.63) is 39.6 Å². The molecule has 2 aromatic rings. The van der Waals surface area contributed by atoms with Crippen molar-refractivity contribution in [3.63, 3.8) is 0 Å². The van der Waals surface area contributed by atoms with E-state index in [0.717, 1.165) is 0 Å². The summed E-state index contributed by atoms with van der Waals surface area (Å²) in [6.07, 6.45) is 0. The van der Waals surface area contributed by atoms with Gasteiger partial charge in [-0.1, -0.05) is 13.8 Å². The first-order valence-electron chi connectivity index (χ1n) is 6.57. The van der Waals surface area contributed by atoms with Gasteiger partial charge in [-0.25, -0.2) is 18.7 Å². The van der Waals surface area contributed by atoms with Crippen molar-refractivity contribution < 1.29 is 8.78 Å². The van der Waals surface area contributed by atoms with Gasteiger partial charge in [0.15, 0.2) is 0 Å². The lowest BCUT2D eigenvalue weighted by molar-refractivity contribution is 0.583. The molecule has 1 aromatic carbocycles. The zero-order valence-corrected chi connectivity index (χ0v) is 13.8. The van der Waals surface area contributed by atoms with Gasteiger partial charge >= 0.3 is 0 Å². The van der Waals surface area contributed by atoms with Crippen LogP contribution in [0.3, 0.4) is 0 Å². The van der Waals surface area contributed by atoms with Crippen molar-refractivity contribution in [2.75, 3.05) is 12.4 Å². The van der Waals surface area contributed by atoms with E-state index in [1.165, 1.54) is 12.1 Å². The molecule has 0 atom stereocenters. The molecule has 2 rings (SSSR count). The van der Waals surface area contributed by atoms with Gasteiger partial charge in [-0.2, -0.15) is 0 Å². The molecule has 0 amide bonds. The summed E-state index contributed by atoms with van der Waals surface area (Å²) in [6.45, 7) is 5.61. The third-order valence-corrected chi connectivity index (χ3v) is 3.81. The molecule has 1 heterocycles. The molecule has 0 spiro atoms. The van der Waals surface area contributed by atoms with Gasteiger partial charge in [-0.3, -0.25) is 0 Å². The van der Waals surface area contributed by atoms with E-state index < -0.39 is 11.6 Å². The first-order valence-corrected chi connectivity index (χ1v) is 7.36. The zero-order valence-electron chi connectivity index (χ0n) is 12.3. The second-order valence-corrected chi connectivity index (χ2v) is 5.88. The highest BCUT2D eigenvalue weighted by Gasteiger charge is 2.21. The summed E-state index contributed by atoms with van der Waals surface area (Å²) in [5.41, 5.74) is 0.745. The normalized spacial score (nSPS) is 11.0. The van der Waals surface area contributed by atoms with Gasteiger partial charge in [-0.05, 0) is 35.0 Å². The van der Waals surface area contributed by atoms with Gasteiger partial charge in [0, 0.05) is 18.5 Å². The van der Waals surface area contributed by atoms with E-state index in [4.69, 9.17) is 0 Å². The second kappa shape index (κ2) is 6.05. The van der Waals surface area contributed by atoms with Crippen LogP contribution in [0.1, 0.15) is 31.2 Å². The predicted molar refractivity (Wildman–Crippen MR) is 83.5 cm³/mol. The van der Waals surface area contributed by atoms with E-state index in [1.54, 1.807) is 14.0 Å². The quantitative estimate of drug-likeness (QED) is 0.813. The maximum Gasteiger partial charge on any atom is 0.149 e. The first-order chi connectivity index (χ1) is 9.86. The highest BCUT2D eigenvalue weighted by Crippen LogP contribution is 2.34. The van der Waals surface area contributed by atoms with Crippen molar-refractivity contribution in [2.24, 2.45) is 0 Å². The van der Waals surface area contributed by atoms with E-state index in [2.05, 4.69) is 31.2 Å². The van der Waals surface area contributed by atoms with E-state index in [9.17, 15) is 8.78 Å². The van der Waals surface area contributed by atoms with Gasteiger partial charge in [0.25, 0.3) is 0 Å². The van der Waals surface area contributed by atoms with Crippen molar-refractivity contribution in [1.82, 2.24) is 9.97 Å². The summed E-state index contributed by atoms with van der Waals surface area (Å²) in [4.78, 5) is 8.74. The first kappa shape index (κ1) is 15.8. The van der Waals surface area contributed by atoms with Crippen LogP contribution in [0.4, 0.5) is 14.6 Å². The average Bonchev–Trinajstić information content (AvgIpc) is 2.44. The molecule has 21 heavy (non-hydrogen) atoms. The van der Waals surface area contributed by atoms with Crippen molar-refractivity contribution in [3.8, 4) is 11.3 Å². The molecular formula is C15H16BrF2N3. The Hall–Kier alpha value is -1.56. The number of nitrogens with one attached hydrogen (secondary N) is 1. The van der Waals surface area contributed by atoms with Gasteiger partial charge < -0.3 is 5.32 Å². The van der Waals surface area contributed by atoms with Crippen LogP contribution in [-0.4, -0.2) is 17.0 Å². The Morgan fingerprint density at radius 2 is 1.86 bits per heavy atom. The molecule has 112 valence electrons. The Bertz CT molecular complexity index is 687. The predicted octanol–water partition coefficient (Wildman–Crippen LogP) is 4.66. The fourth-order valence-electron chi connectivity index (χ4n) is 2.02. The summed E-state index contributed by atoms with van der Waals surface area (Å²) >= 11 is 3.08. The highest BCUT2D eigenvalue weighted by atomic mass is 79.9. The lowest BCUT2D eigenvalue weighted by Crippen LogP contribution is -2.08. The van der Waals surface area contributed by atoms with E-state index in [0.29, 0.717) is 17.2 Å². The Balaban J connectivity index is 2.80. The number of anilines is 1. The fraction of sp³-hybridized carbons (Fsp3) is 0.333. The summed E-state index contributed by atoms with van der Waals surface area (Å²) in [5, 5.41) is 2.95. The van der Waals surface area contributed by atoms with Crippen LogP contribution >= 0.6 is 15.9 Å². The third kappa shape index (κ3) is 2.90.